The van der Waals surface area contributed by atoms with Gasteiger partial charge < -0.3 is 10.2 Å². The monoisotopic (exact) mass is 347 g/mol. The molecule has 1 aliphatic heterocycles. The van der Waals surface area contributed by atoms with E-state index in [1.165, 1.54) is 19.3 Å². The molecule has 0 radical (unpaired) electrons. The van der Waals surface area contributed by atoms with Crippen molar-refractivity contribution in [1.29, 1.82) is 5.26 Å². The predicted octanol–water partition coefficient (Wildman–Crippen LogP) is 2.55. The minimum absolute atomic E-state index is 0.0311. The van der Waals surface area contributed by atoms with Crippen molar-refractivity contribution in [2.75, 3.05) is 18.4 Å². The first-order chi connectivity index (χ1) is 12.7. The molecule has 1 aromatic carbocycles. The van der Waals surface area contributed by atoms with Gasteiger partial charge in [0.25, 0.3) is 5.91 Å². The minimum atomic E-state index is -0.0311. The lowest BCUT2D eigenvalue weighted by atomic mass is 9.93. The summed E-state index contributed by atoms with van der Waals surface area (Å²) in [5, 5.41) is 12.6. The van der Waals surface area contributed by atoms with Crippen LogP contribution in [0.5, 0.6) is 0 Å². The number of nitrogens with zero attached hydrogens (tertiary/aromatic N) is 4. The molecule has 2 heterocycles. The Morgan fingerprint density at radius 1 is 1.23 bits per heavy atom. The molecule has 2 aliphatic rings. The summed E-state index contributed by atoms with van der Waals surface area (Å²) in [5.74, 6) is 0.900. The molecule has 26 heavy (non-hydrogen) atoms. The predicted molar refractivity (Wildman–Crippen MR) is 97.8 cm³/mol. The van der Waals surface area contributed by atoms with Gasteiger partial charge in [0.15, 0.2) is 0 Å². The molecular formula is C20H21N5O. The van der Waals surface area contributed by atoms with Crippen LogP contribution in [-0.4, -0.2) is 39.9 Å². The summed E-state index contributed by atoms with van der Waals surface area (Å²) in [6.45, 7) is 1.26. The molecule has 4 rings (SSSR count). The molecule has 0 atom stereocenters. The number of nitriles is 1. The lowest BCUT2D eigenvalue weighted by Gasteiger charge is -2.28. The maximum absolute atomic E-state index is 12.9. The number of fused-ring (bicyclic) bond motifs is 1. The molecule has 2 aromatic rings. The highest BCUT2D eigenvalue weighted by molar-refractivity contribution is 5.94. The van der Waals surface area contributed by atoms with Gasteiger partial charge in [0.05, 0.1) is 17.3 Å². The normalized spacial score (nSPS) is 16.8. The first-order valence-corrected chi connectivity index (χ1v) is 9.13. The third-order valence-corrected chi connectivity index (χ3v) is 5.26. The number of benzene rings is 1. The Balaban J connectivity index is 1.51. The molecule has 132 valence electrons. The summed E-state index contributed by atoms with van der Waals surface area (Å²) in [4.78, 5) is 23.6. The summed E-state index contributed by atoms with van der Waals surface area (Å²) in [6, 6.07) is 9.50. The van der Waals surface area contributed by atoms with Crippen LogP contribution in [0.2, 0.25) is 0 Å². The zero-order valence-corrected chi connectivity index (χ0v) is 14.6. The number of aromatic nitrogens is 2. The van der Waals surface area contributed by atoms with E-state index in [0.29, 0.717) is 30.3 Å². The number of amides is 1. The van der Waals surface area contributed by atoms with Gasteiger partial charge in [-0.1, -0.05) is 6.07 Å². The van der Waals surface area contributed by atoms with Crippen molar-refractivity contribution in [2.45, 2.75) is 38.1 Å². The van der Waals surface area contributed by atoms with Crippen molar-refractivity contribution in [3.05, 3.63) is 53.0 Å². The fourth-order valence-electron chi connectivity index (χ4n) is 3.50. The van der Waals surface area contributed by atoms with Crippen LogP contribution in [0.15, 0.2) is 30.6 Å². The second kappa shape index (κ2) is 7.12. The Labute approximate surface area is 152 Å². The number of hydrogen-bond acceptors (Lipinski definition) is 5. The van der Waals surface area contributed by atoms with Crippen LogP contribution in [0.25, 0.3) is 0 Å². The third-order valence-electron chi connectivity index (χ3n) is 5.26. The zero-order valence-electron chi connectivity index (χ0n) is 14.6. The number of nitrogens with one attached hydrogen (secondary N) is 1. The molecule has 1 aliphatic carbocycles. The average molecular weight is 347 g/mol. The van der Waals surface area contributed by atoms with Crippen molar-refractivity contribution in [3.63, 3.8) is 0 Å². The van der Waals surface area contributed by atoms with Crippen LogP contribution in [0, 0.1) is 11.3 Å². The van der Waals surface area contributed by atoms with Crippen LogP contribution in [0.4, 0.5) is 5.82 Å². The Hall–Kier alpha value is -2.94. The summed E-state index contributed by atoms with van der Waals surface area (Å²) in [5.41, 5.74) is 3.24. The standard InChI is InChI=1S/C20H21N5O/c21-12-14-3-1-4-15(11-14)20(26)25-9-7-17-18(8-10-25)22-13-23-19(17)24-16-5-2-6-16/h1,3-4,11,13,16H,2,5-10H2,(H,22,23,24). The average Bonchev–Trinajstić information content (AvgIpc) is 2.87. The van der Waals surface area contributed by atoms with Gasteiger partial charge in [-0.2, -0.15) is 5.26 Å². The highest BCUT2D eigenvalue weighted by atomic mass is 16.2. The molecule has 0 bridgehead atoms. The van der Waals surface area contributed by atoms with Crippen molar-refractivity contribution >= 4 is 11.7 Å². The number of rotatable bonds is 3. The Kier molecular flexibility index (Phi) is 4.53. The molecule has 1 amide bonds. The van der Waals surface area contributed by atoms with E-state index in [1.807, 2.05) is 4.90 Å². The summed E-state index contributed by atoms with van der Waals surface area (Å²) in [6.07, 6.45) is 6.75. The van der Waals surface area contributed by atoms with Gasteiger partial charge in [0.2, 0.25) is 0 Å². The molecular weight excluding hydrogens is 326 g/mol. The van der Waals surface area contributed by atoms with Gasteiger partial charge in [0.1, 0.15) is 12.1 Å². The molecule has 1 N–H and O–H groups in total. The second-order valence-electron chi connectivity index (χ2n) is 6.90. The van der Waals surface area contributed by atoms with Gasteiger partial charge in [-0.3, -0.25) is 4.79 Å². The van der Waals surface area contributed by atoms with Gasteiger partial charge in [0, 0.05) is 36.7 Å². The topological polar surface area (TPSA) is 81.9 Å². The van der Waals surface area contributed by atoms with E-state index in [9.17, 15) is 4.79 Å². The molecule has 0 spiro atoms. The van der Waals surface area contributed by atoms with Crippen LogP contribution in [0.3, 0.4) is 0 Å². The number of carbonyl (C=O) groups is 1. The first-order valence-electron chi connectivity index (χ1n) is 9.13. The largest absolute Gasteiger partial charge is 0.367 e. The Morgan fingerprint density at radius 3 is 2.85 bits per heavy atom. The fourth-order valence-corrected chi connectivity index (χ4v) is 3.50. The van der Waals surface area contributed by atoms with Crippen molar-refractivity contribution in [2.24, 2.45) is 0 Å². The van der Waals surface area contributed by atoms with Crippen molar-refractivity contribution in [1.82, 2.24) is 14.9 Å². The van der Waals surface area contributed by atoms with Crippen molar-refractivity contribution in [3.8, 4) is 6.07 Å². The lowest BCUT2D eigenvalue weighted by Crippen LogP contribution is -2.33. The SMILES string of the molecule is N#Cc1cccc(C(=O)N2CCc3ncnc(NC4CCC4)c3CC2)c1. The maximum Gasteiger partial charge on any atom is 0.253 e. The van der Waals surface area contributed by atoms with E-state index in [2.05, 4.69) is 21.4 Å². The molecule has 1 aromatic heterocycles. The number of anilines is 1. The Morgan fingerprint density at radius 2 is 2.08 bits per heavy atom. The second-order valence-corrected chi connectivity index (χ2v) is 6.90. The zero-order chi connectivity index (χ0) is 17.9. The van der Waals surface area contributed by atoms with E-state index in [4.69, 9.17) is 5.26 Å². The van der Waals surface area contributed by atoms with Gasteiger partial charge in [-0.25, -0.2) is 9.97 Å². The smallest absolute Gasteiger partial charge is 0.253 e. The van der Waals surface area contributed by atoms with E-state index in [-0.39, 0.29) is 5.91 Å². The fraction of sp³-hybridized carbons (Fsp3) is 0.400. The van der Waals surface area contributed by atoms with Crippen molar-refractivity contribution < 1.29 is 4.79 Å². The number of hydrogen-bond donors (Lipinski definition) is 1. The van der Waals surface area contributed by atoms with Gasteiger partial charge in [-0.05, 0) is 43.9 Å². The maximum atomic E-state index is 12.9. The quantitative estimate of drug-likeness (QED) is 0.923. The molecule has 6 heteroatoms. The molecule has 1 fully saturated rings. The van der Waals surface area contributed by atoms with Crippen LogP contribution in [-0.2, 0) is 12.8 Å². The number of carbonyl (C=O) groups excluding carboxylic acids is 1. The third kappa shape index (κ3) is 3.25. The van der Waals surface area contributed by atoms with E-state index in [1.54, 1.807) is 30.6 Å². The van der Waals surface area contributed by atoms with E-state index >= 15 is 0 Å². The molecule has 6 nitrogen and oxygen atoms in total. The van der Waals surface area contributed by atoms with Gasteiger partial charge >= 0.3 is 0 Å². The van der Waals surface area contributed by atoms with Crippen LogP contribution < -0.4 is 5.32 Å². The molecule has 0 unspecified atom stereocenters. The highest BCUT2D eigenvalue weighted by Gasteiger charge is 2.24. The molecule has 1 saturated carbocycles. The van der Waals surface area contributed by atoms with Gasteiger partial charge in [-0.15, -0.1) is 0 Å². The highest BCUT2D eigenvalue weighted by Crippen LogP contribution is 2.26. The minimum Gasteiger partial charge on any atom is -0.367 e. The van der Waals surface area contributed by atoms with Crippen LogP contribution in [0.1, 0.15) is 46.4 Å². The lowest BCUT2D eigenvalue weighted by molar-refractivity contribution is 0.0763. The van der Waals surface area contributed by atoms with Crippen LogP contribution >= 0.6 is 0 Å². The van der Waals surface area contributed by atoms with E-state index in [0.717, 1.165) is 29.9 Å². The molecule has 0 saturated heterocycles. The summed E-state index contributed by atoms with van der Waals surface area (Å²) >= 11 is 0. The Bertz CT molecular complexity index is 869. The summed E-state index contributed by atoms with van der Waals surface area (Å²) in [7, 11) is 0. The van der Waals surface area contributed by atoms with E-state index < -0.39 is 0 Å². The summed E-state index contributed by atoms with van der Waals surface area (Å²) < 4.78 is 0. The first kappa shape index (κ1) is 16.5.